The number of halogens is 3. The summed E-state index contributed by atoms with van der Waals surface area (Å²) in [6.07, 6.45) is 0. The summed E-state index contributed by atoms with van der Waals surface area (Å²) >= 11 is 12.9. The molecule has 1 heterocycles. The van der Waals surface area contributed by atoms with Crippen LogP contribution in [0.5, 0.6) is 0 Å². The van der Waals surface area contributed by atoms with Crippen molar-refractivity contribution < 1.29 is 21.2 Å². The molecule has 2 N–H and O–H groups in total. The van der Waals surface area contributed by atoms with E-state index in [-0.39, 0.29) is 30.5 Å². The molecule has 3 rings (SSSR count). The predicted octanol–water partition coefficient (Wildman–Crippen LogP) is 4.80. The van der Waals surface area contributed by atoms with Gasteiger partial charge in [-0.1, -0.05) is 35.3 Å². The quantitative estimate of drug-likeness (QED) is 0.529. The van der Waals surface area contributed by atoms with E-state index in [0.29, 0.717) is 0 Å². The number of thiophene rings is 1. The molecule has 3 aromatic rings. The van der Waals surface area contributed by atoms with Crippen LogP contribution in [-0.4, -0.2) is 16.8 Å². The maximum atomic E-state index is 13.4. The van der Waals surface area contributed by atoms with Gasteiger partial charge in [-0.25, -0.2) is 21.2 Å². The zero-order valence-corrected chi connectivity index (χ0v) is 17.6. The third kappa shape index (κ3) is 4.58. The molecule has 0 amide bonds. The van der Waals surface area contributed by atoms with Crippen molar-refractivity contribution in [2.24, 2.45) is 0 Å². The van der Waals surface area contributed by atoms with Crippen LogP contribution in [0.15, 0.2) is 63.0 Å². The third-order valence-corrected chi connectivity index (χ3v) is 8.26. The molecule has 0 spiro atoms. The van der Waals surface area contributed by atoms with Gasteiger partial charge < -0.3 is 0 Å². The van der Waals surface area contributed by atoms with Crippen LogP contribution in [0.2, 0.25) is 10.0 Å². The van der Waals surface area contributed by atoms with Crippen LogP contribution in [0, 0.1) is 5.82 Å². The Morgan fingerprint density at radius 2 is 1.43 bits per heavy atom. The summed E-state index contributed by atoms with van der Waals surface area (Å²) in [5.41, 5.74) is -0.304. The highest BCUT2D eigenvalue weighted by molar-refractivity contribution is 7.94. The molecule has 0 atom stereocenters. The Kier molecular flexibility index (Phi) is 5.87. The minimum atomic E-state index is -4.22. The molecule has 0 saturated heterocycles. The molecule has 0 aliphatic carbocycles. The van der Waals surface area contributed by atoms with Crippen LogP contribution in [0.4, 0.5) is 15.8 Å². The van der Waals surface area contributed by atoms with Crippen molar-refractivity contribution in [3.8, 4) is 0 Å². The summed E-state index contributed by atoms with van der Waals surface area (Å²) in [6, 6.07) is 9.64. The topological polar surface area (TPSA) is 92.3 Å². The van der Waals surface area contributed by atoms with Gasteiger partial charge in [-0.05, 0) is 41.8 Å². The van der Waals surface area contributed by atoms with Crippen molar-refractivity contribution in [3.05, 3.63) is 69.8 Å². The summed E-state index contributed by atoms with van der Waals surface area (Å²) in [4.78, 5) is -0.342. The Morgan fingerprint density at radius 1 is 0.821 bits per heavy atom. The number of sulfonamides is 2. The number of anilines is 2. The number of nitrogens with one attached hydrogen (secondary N) is 2. The number of rotatable bonds is 6. The molecule has 0 aliphatic rings. The average Bonchev–Trinajstić information content (AvgIpc) is 3.14. The predicted molar refractivity (Wildman–Crippen MR) is 109 cm³/mol. The monoisotopic (exact) mass is 480 g/mol. The zero-order valence-electron chi connectivity index (χ0n) is 13.7. The van der Waals surface area contributed by atoms with Crippen molar-refractivity contribution in [2.75, 3.05) is 9.44 Å². The van der Waals surface area contributed by atoms with Gasteiger partial charge in [0.05, 0.1) is 26.3 Å². The molecule has 28 heavy (non-hydrogen) atoms. The Morgan fingerprint density at radius 3 is 1.96 bits per heavy atom. The maximum Gasteiger partial charge on any atom is 0.271 e. The first-order valence-electron chi connectivity index (χ1n) is 7.42. The standard InChI is InChI=1S/C16H11Cl2FN2O4S3/c17-12-8-14(20-27(22,23)11-4-1-3-10(19)7-11)15(9-13(12)18)21-28(24,25)16-5-2-6-26-16/h1-9,20-21H. The molecule has 12 heteroatoms. The van der Waals surface area contributed by atoms with Crippen LogP contribution < -0.4 is 9.44 Å². The SMILES string of the molecule is O=S(=O)(Nc1cc(Cl)c(Cl)cc1NS(=O)(=O)c1cccs1)c1cccc(F)c1. The van der Waals surface area contributed by atoms with E-state index in [1.165, 1.54) is 24.3 Å². The van der Waals surface area contributed by atoms with Crippen LogP contribution in [0.1, 0.15) is 0 Å². The summed E-state index contributed by atoms with van der Waals surface area (Å²) in [5.74, 6) is -0.740. The highest BCUT2D eigenvalue weighted by atomic mass is 35.5. The third-order valence-electron chi connectivity index (χ3n) is 3.42. The van der Waals surface area contributed by atoms with Crippen molar-refractivity contribution in [1.29, 1.82) is 0 Å². The Bertz CT molecular complexity index is 1230. The second-order valence-electron chi connectivity index (χ2n) is 5.41. The molecule has 148 valence electrons. The smallest absolute Gasteiger partial charge is 0.271 e. The zero-order chi connectivity index (χ0) is 20.5. The van der Waals surface area contributed by atoms with E-state index < -0.39 is 25.9 Å². The van der Waals surface area contributed by atoms with Gasteiger partial charge in [0.15, 0.2) is 0 Å². The first-order valence-corrected chi connectivity index (χ1v) is 12.0. The van der Waals surface area contributed by atoms with Gasteiger partial charge in [0.25, 0.3) is 20.0 Å². The Hall–Kier alpha value is -1.85. The molecular formula is C16H11Cl2FN2O4S3. The largest absolute Gasteiger partial charge is 0.277 e. The van der Waals surface area contributed by atoms with Gasteiger partial charge in [0, 0.05) is 0 Å². The molecule has 1 aromatic heterocycles. The Balaban J connectivity index is 2.03. The highest BCUT2D eigenvalue weighted by Crippen LogP contribution is 2.35. The minimum absolute atomic E-state index is 0.00215. The first-order chi connectivity index (χ1) is 13.1. The lowest BCUT2D eigenvalue weighted by atomic mass is 10.3. The van der Waals surface area contributed by atoms with Gasteiger partial charge in [0.1, 0.15) is 10.0 Å². The summed E-state index contributed by atoms with van der Waals surface area (Å²) in [5, 5.41) is 1.59. The van der Waals surface area contributed by atoms with Crippen molar-refractivity contribution in [2.45, 2.75) is 9.10 Å². The first kappa shape index (κ1) is 20.9. The fourth-order valence-corrected chi connectivity index (χ4v) is 5.66. The van der Waals surface area contributed by atoms with Crippen LogP contribution in [-0.2, 0) is 20.0 Å². The molecule has 0 fully saturated rings. The number of hydrogen-bond donors (Lipinski definition) is 2. The summed E-state index contributed by atoms with van der Waals surface area (Å²) in [7, 11) is -8.20. The molecular weight excluding hydrogens is 470 g/mol. The van der Waals surface area contributed by atoms with E-state index in [2.05, 4.69) is 9.44 Å². The lowest BCUT2D eigenvalue weighted by Gasteiger charge is -2.15. The maximum absolute atomic E-state index is 13.4. The fourth-order valence-electron chi connectivity index (χ4n) is 2.17. The van der Waals surface area contributed by atoms with Gasteiger partial charge in [0.2, 0.25) is 0 Å². The Labute approximate surface area is 175 Å². The minimum Gasteiger partial charge on any atom is -0.277 e. The normalized spacial score (nSPS) is 12.0. The van der Waals surface area contributed by atoms with Crippen molar-refractivity contribution in [3.63, 3.8) is 0 Å². The molecule has 0 saturated carbocycles. The lowest BCUT2D eigenvalue weighted by Crippen LogP contribution is -2.17. The van der Waals surface area contributed by atoms with Crippen LogP contribution in [0.25, 0.3) is 0 Å². The average molecular weight is 481 g/mol. The van der Waals surface area contributed by atoms with Crippen molar-refractivity contribution >= 4 is 66.0 Å². The van der Waals surface area contributed by atoms with Crippen LogP contribution in [0.3, 0.4) is 0 Å². The molecule has 0 bridgehead atoms. The van der Waals surface area contributed by atoms with Gasteiger partial charge in [-0.3, -0.25) is 9.44 Å². The lowest BCUT2D eigenvalue weighted by molar-refractivity contribution is 0.595. The molecule has 0 aliphatic heterocycles. The number of hydrogen-bond acceptors (Lipinski definition) is 5. The molecule has 2 aromatic carbocycles. The van der Waals surface area contributed by atoms with Gasteiger partial charge >= 0.3 is 0 Å². The van der Waals surface area contributed by atoms with Crippen molar-refractivity contribution in [1.82, 2.24) is 0 Å². The molecule has 0 radical (unpaired) electrons. The van der Waals surface area contributed by atoms with E-state index in [9.17, 15) is 21.2 Å². The van der Waals surface area contributed by atoms with E-state index in [1.807, 2.05) is 0 Å². The number of benzene rings is 2. The summed E-state index contributed by atoms with van der Waals surface area (Å²) < 4.78 is 68.0. The van der Waals surface area contributed by atoms with E-state index in [0.717, 1.165) is 29.5 Å². The molecule has 0 unspecified atom stereocenters. The highest BCUT2D eigenvalue weighted by Gasteiger charge is 2.22. The van der Waals surface area contributed by atoms with Crippen LogP contribution >= 0.6 is 34.5 Å². The second kappa shape index (κ2) is 7.88. The van der Waals surface area contributed by atoms with Gasteiger partial charge in [-0.2, -0.15) is 0 Å². The summed E-state index contributed by atoms with van der Waals surface area (Å²) in [6.45, 7) is 0. The molecule has 6 nitrogen and oxygen atoms in total. The van der Waals surface area contributed by atoms with E-state index >= 15 is 0 Å². The van der Waals surface area contributed by atoms with E-state index in [1.54, 1.807) is 11.4 Å². The van der Waals surface area contributed by atoms with E-state index in [4.69, 9.17) is 23.2 Å². The fraction of sp³-hybridized carbons (Fsp3) is 0. The second-order valence-corrected chi connectivity index (χ2v) is 10.8. The van der Waals surface area contributed by atoms with Gasteiger partial charge in [-0.15, -0.1) is 11.3 Å².